The molecule has 0 aliphatic rings. The van der Waals surface area contributed by atoms with Gasteiger partial charge >= 0.3 is 0 Å². The van der Waals surface area contributed by atoms with E-state index in [2.05, 4.69) is 20.4 Å². The van der Waals surface area contributed by atoms with Gasteiger partial charge in [-0.1, -0.05) is 26.5 Å². The highest BCUT2D eigenvalue weighted by Crippen LogP contribution is 2.32. The Balaban J connectivity index is 3.02. The van der Waals surface area contributed by atoms with Crippen molar-refractivity contribution in [3.8, 4) is 11.5 Å². The molecular weight excluding hydrogens is 188 g/mol. The van der Waals surface area contributed by atoms with Crippen LogP contribution in [0.3, 0.4) is 0 Å². The topological polar surface area (TPSA) is 29.5 Å². The molecule has 1 rings (SSSR count). The van der Waals surface area contributed by atoms with Crippen LogP contribution in [0.2, 0.25) is 0 Å². The second kappa shape index (κ2) is 4.87. The molecule has 0 unspecified atom stereocenters. The van der Waals surface area contributed by atoms with E-state index in [0.29, 0.717) is 18.3 Å². The molecule has 0 saturated heterocycles. The average Bonchev–Trinajstić information content (AvgIpc) is 2.18. The number of aryl methyl sites for hydroxylation is 1. The van der Waals surface area contributed by atoms with E-state index in [-0.39, 0.29) is 0 Å². The maximum Gasteiger partial charge on any atom is 0.126 e. The van der Waals surface area contributed by atoms with Gasteiger partial charge in [0, 0.05) is 6.07 Å². The molecular formula is C13H18O2. The van der Waals surface area contributed by atoms with Crippen LogP contribution in [0.15, 0.2) is 24.8 Å². The fourth-order valence-electron chi connectivity index (χ4n) is 1.47. The van der Waals surface area contributed by atoms with Gasteiger partial charge in [-0.25, -0.2) is 0 Å². The first-order valence-corrected chi connectivity index (χ1v) is 5.13. The van der Waals surface area contributed by atoms with Crippen LogP contribution in [-0.2, 0) is 0 Å². The number of hydrogen-bond acceptors (Lipinski definition) is 2. The zero-order chi connectivity index (χ0) is 11.4. The van der Waals surface area contributed by atoms with Gasteiger partial charge in [0.15, 0.2) is 0 Å². The Hall–Kier alpha value is -1.44. The summed E-state index contributed by atoms with van der Waals surface area (Å²) in [6.07, 6.45) is 1.69. The fraction of sp³-hybridized carbons (Fsp3) is 0.385. The number of rotatable bonds is 4. The van der Waals surface area contributed by atoms with Crippen molar-refractivity contribution >= 4 is 0 Å². The summed E-state index contributed by atoms with van der Waals surface area (Å²) in [7, 11) is 0. The van der Waals surface area contributed by atoms with Crippen molar-refractivity contribution in [3.05, 3.63) is 35.9 Å². The molecule has 15 heavy (non-hydrogen) atoms. The van der Waals surface area contributed by atoms with E-state index in [9.17, 15) is 5.11 Å². The van der Waals surface area contributed by atoms with Crippen LogP contribution in [0.1, 0.15) is 30.9 Å². The lowest BCUT2D eigenvalue weighted by Crippen LogP contribution is -1.97. The molecule has 0 aliphatic heterocycles. The van der Waals surface area contributed by atoms with Crippen LogP contribution in [0.25, 0.3) is 0 Å². The Bertz CT molecular complexity index is 354. The highest BCUT2D eigenvalue weighted by molar-refractivity contribution is 5.46. The van der Waals surface area contributed by atoms with Crippen LogP contribution in [0.4, 0.5) is 0 Å². The Morgan fingerprint density at radius 2 is 2.13 bits per heavy atom. The molecule has 0 amide bonds. The third kappa shape index (κ3) is 2.75. The summed E-state index contributed by atoms with van der Waals surface area (Å²) in [6, 6.07) is 3.65. The minimum atomic E-state index is 0.301. The number of phenols is 1. The van der Waals surface area contributed by atoms with Crippen LogP contribution in [0.5, 0.6) is 11.5 Å². The number of phenolic OH excluding ortho intramolecular Hbond substituents is 1. The predicted molar refractivity (Wildman–Crippen MR) is 62.6 cm³/mol. The third-order valence-corrected chi connectivity index (χ3v) is 2.30. The Morgan fingerprint density at radius 3 is 2.67 bits per heavy atom. The summed E-state index contributed by atoms with van der Waals surface area (Å²) in [4.78, 5) is 0. The highest BCUT2D eigenvalue weighted by Gasteiger charge is 2.09. The first kappa shape index (κ1) is 11.6. The molecule has 2 nitrogen and oxygen atoms in total. The lowest BCUT2D eigenvalue weighted by molar-refractivity contribution is 0.356. The molecule has 0 fully saturated rings. The summed E-state index contributed by atoms with van der Waals surface area (Å²) in [5.41, 5.74) is 2.00. The van der Waals surface area contributed by atoms with Crippen molar-refractivity contribution in [1.82, 2.24) is 0 Å². The van der Waals surface area contributed by atoms with Crippen LogP contribution in [-0.4, -0.2) is 11.7 Å². The zero-order valence-corrected chi connectivity index (χ0v) is 9.58. The van der Waals surface area contributed by atoms with Gasteiger partial charge in [0.2, 0.25) is 0 Å². The Kier molecular flexibility index (Phi) is 3.78. The molecule has 0 heterocycles. The molecule has 0 radical (unpaired) electrons. The second-order valence-electron chi connectivity index (χ2n) is 3.93. The molecule has 1 aromatic rings. The van der Waals surface area contributed by atoms with Crippen molar-refractivity contribution in [1.29, 1.82) is 0 Å². The van der Waals surface area contributed by atoms with Gasteiger partial charge in [0.25, 0.3) is 0 Å². The van der Waals surface area contributed by atoms with Crippen molar-refractivity contribution < 1.29 is 9.84 Å². The van der Waals surface area contributed by atoms with Crippen LogP contribution >= 0.6 is 0 Å². The number of hydrogen-bond donors (Lipinski definition) is 1. The van der Waals surface area contributed by atoms with Crippen LogP contribution < -0.4 is 4.74 Å². The SMILES string of the molecule is C=CCOc1cc(O)c(C(C)C)cc1C. The number of benzene rings is 1. The zero-order valence-electron chi connectivity index (χ0n) is 9.58. The smallest absolute Gasteiger partial charge is 0.126 e. The average molecular weight is 206 g/mol. The van der Waals surface area contributed by atoms with E-state index >= 15 is 0 Å². The summed E-state index contributed by atoms with van der Waals surface area (Å²) < 4.78 is 5.42. The summed E-state index contributed by atoms with van der Waals surface area (Å²) in [5, 5.41) is 9.78. The lowest BCUT2D eigenvalue weighted by Gasteiger charge is -2.13. The van der Waals surface area contributed by atoms with E-state index in [1.165, 1.54) is 0 Å². The van der Waals surface area contributed by atoms with Gasteiger partial charge in [-0.2, -0.15) is 0 Å². The van der Waals surface area contributed by atoms with Gasteiger partial charge < -0.3 is 9.84 Å². The maximum absolute atomic E-state index is 9.78. The lowest BCUT2D eigenvalue weighted by atomic mass is 9.99. The highest BCUT2D eigenvalue weighted by atomic mass is 16.5. The van der Waals surface area contributed by atoms with Gasteiger partial charge in [0.1, 0.15) is 18.1 Å². The van der Waals surface area contributed by atoms with E-state index in [0.717, 1.165) is 16.9 Å². The van der Waals surface area contributed by atoms with Crippen LogP contribution in [0, 0.1) is 6.92 Å². The van der Waals surface area contributed by atoms with Gasteiger partial charge in [0.05, 0.1) is 0 Å². The molecule has 0 spiro atoms. The van der Waals surface area contributed by atoms with E-state index in [1.54, 1.807) is 12.1 Å². The number of aromatic hydroxyl groups is 1. The van der Waals surface area contributed by atoms with Gasteiger partial charge in [-0.15, -0.1) is 0 Å². The Morgan fingerprint density at radius 1 is 1.47 bits per heavy atom. The minimum Gasteiger partial charge on any atom is -0.508 e. The van der Waals surface area contributed by atoms with Gasteiger partial charge in [-0.3, -0.25) is 0 Å². The van der Waals surface area contributed by atoms with Crippen molar-refractivity contribution in [3.63, 3.8) is 0 Å². The first-order chi connectivity index (χ1) is 7.06. The van der Waals surface area contributed by atoms with Gasteiger partial charge in [-0.05, 0) is 30.0 Å². The predicted octanol–water partition coefficient (Wildman–Crippen LogP) is 3.39. The van der Waals surface area contributed by atoms with Crippen molar-refractivity contribution in [2.24, 2.45) is 0 Å². The third-order valence-electron chi connectivity index (χ3n) is 2.30. The number of ether oxygens (including phenoxy) is 1. The van der Waals surface area contributed by atoms with E-state index < -0.39 is 0 Å². The summed E-state index contributed by atoms with van der Waals surface area (Å²) in [5.74, 6) is 1.34. The monoisotopic (exact) mass is 206 g/mol. The van der Waals surface area contributed by atoms with Crippen molar-refractivity contribution in [2.45, 2.75) is 26.7 Å². The molecule has 0 aromatic heterocycles. The molecule has 1 aromatic carbocycles. The molecule has 0 saturated carbocycles. The van der Waals surface area contributed by atoms with E-state index in [1.807, 2.05) is 13.0 Å². The summed E-state index contributed by atoms with van der Waals surface area (Å²) in [6.45, 7) is 10.1. The van der Waals surface area contributed by atoms with E-state index in [4.69, 9.17) is 4.74 Å². The maximum atomic E-state index is 9.78. The quantitative estimate of drug-likeness (QED) is 0.765. The molecule has 82 valence electrons. The normalized spacial score (nSPS) is 10.4. The second-order valence-corrected chi connectivity index (χ2v) is 3.93. The molecule has 0 aliphatic carbocycles. The molecule has 0 atom stereocenters. The minimum absolute atomic E-state index is 0.301. The molecule has 0 bridgehead atoms. The summed E-state index contributed by atoms with van der Waals surface area (Å²) >= 11 is 0. The molecule has 2 heteroatoms. The first-order valence-electron chi connectivity index (χ1n) is 5.13. The standard InChI is InChI=1S/C13H18O2/c1-5-6-15-13-8-12(14)11(9(2)3)7-10(13)4/h5,7-9,14H,1,6H2,2-4H3. The largest absolute Gasteiger partial charge is 0.508 e. The molecule has 1 N–H and O–H groups in total. The van der Waals surface area contributed by atoms with Crippen molar-refractivity contribution in [2.75, 3.05) is 6.61 Å². The Labute approximate surface area is 91.2 Å². The fourth-order valence-corrected chi connectivity index (χ4v) is 1.47.